The van der Waals surface area contributed by atoms with Crippen molar-refractivity contribution < 1.29 is 0 Å². The average molecular weight is 317 g/mol. The van der Waals surface area contributed by atoms with E-state index in [4.69, 9.17) is 0 Å². The highest BCUT2D eigenvalue weighted by Gasteiger charge is 2.16. The maximum Gasteiger partial charge on any atom is 0.229 e. The SMILES string of the molecule is CC1Cc2cc(Nc3ccnc(Nc4ccccc4)n3)ccc2N1. The minimum absolute atomic E-state index is 0.496. The fourth-order valence-corrected chi connectivity index (χ4v) is 2.91. The topological polar surface area (TPSA) is 61.9 Å². The molecule has 120 valence electrons. The summed E-state index contributed by atoms with van der Waals surface area (Å²) in [7, 11) is 0. The molecule has 2 heterocycles. The summed E-state index contributed by atoms with van der Waals surface area (Å²) in [5.41, 5.74) is 4.56. The van der Waals surface area contributed by atoms with E-state index in [1.54, 1.807) is 6.20 Å². The summed E-state index contributed by atoms with van der Waals surface area (Å²) in [6.45, 7) is 2.19. The quantitative estimate of drug-likeness (QED) is 0.669. The lowest BCUT2D eigenvalue weighted by atomic mass is 10.1. The Bertz CT molecular complexity index is 847. The molecule has 5 nitrogen and oxygen atoms in total. The number of anilines is 5. The molecule has 0 saturated carbocycles. The zero-order valence-electron chi connectivity index (χ0n) is 13.5. The van der Waals surface area contributed by atoms with Crippen LogP contribution in [0.5, 0.6) is 0 Å². The van der Waals surface area contributed by atoms with Crippen molar-refractivity contribution in [2.24, 2.45) is 0 Å². The lowest BCUT2D eigenvalue weighted by Gasteiger charge is -2.09. The van der Waals surface area contributed by atoms with Crippen LogP contribution in [0.2, 0.25) is 0 Å². The molecule has 3 N–H and O–H groups in total. The second-order valence-electron chi connectivity index (χ2n) is 6.00. The largest absolute Gasteiger partial charge is 0.382 e. The van der Waals surface area contributed by atoms with Crippen molar-refractivity contribution >= 4 is 28.8 Å². The van der Waals surface area contributed by atoms with Crippen molar-refractivity contribution in [1.29, 1.82) is 0 Å². The molecule has 0 saturated heterocycles. The number of para-hydroxylation sites is 1. The molecule has 4 rings (SSSR count). The smallest absolute Gasteiger partial charge is 0.229 e. The molecule has 0 amide bonds. The number of benzene rings is 2. The van der Waals surface area contributed by atoms with Gasteiger partial charge in [0.1, 0.15) is 5.82 Å². The highest BCUT2D eigenvalue weighted by atomic mass is 15.1. The summed E-state index contributed by atoms with van der Waals surface area (Å²) in [4.78, 5) is 8.79. The van der Waals surface area contributed by atoms with E-state index in [1.807, 2.05) is 36.4 Å². The molecule has 0 spiro atoms. The van der Waals surface area contributed by atoms with Crippen LogP contribution in [0.25, 0.3) is 0 Å². The van der Waals surface area contributed by atoms with Crippen LogP contribution in [0.1, 0.15) is 12.5 Å². The fourth-order valence-electron chi connectivity index (χ4n) is 2.91. The molecular weight excluding hydrogens is 298 g/mol. The summed E-state index contributed by atoms with van der Waals surface area (Å²) in [6, 6.07) is 18.6. The Morgan fingerprint density at radius 2 is 1.88 bits per heavy atom. The van der Waals surface area contributed by atoms with E-state index >= 15 is 0 Å². The third-order valence-electron chi connectivity index (χ3n) is 3.99. The Morgan fingerprint density at radius 1 is 1.00 bits per heavy atom. The molecular formula is C19H19N5. The molecule has 0 aliphatic carbocycles. The van der Waals surface area contributed by atoms with Gasteiger partial charge in [-0.2, -0.15) is 4.98 Å². The molecule has 3 aromatic rings. The molecule has 5 heteroatoms. The Kier molecular flexibility index (Phi) is 3.75. The van der Waals surface area contributed by atoms with Crippen molar-refractivity contribution in [3.05, 3.63) is 66.4 Å². The average Bonchev–Trinajstić information content (AvgIpc) is 2.95. The Balaban J connectivity index is 1.51. The Morgan fingerprint density at radius 3 is 2.75 bits per heavy atom. The number of nitrogens with zero attached hydrogens (tertiary/aromatic N) is 2. The second-order valence-corrected chi connectivity index (χ2v) is 6.00. The normalized spacial score (nSPS) is 15.5. The van der Waals surface area contributed by atoms with E-state index in [1.165, 1.54) is 11.3 Å². The van der Waals surface area contributed by atoms with Gasteiger partial charge in [-0.3, -0.25) is 0 Å². The van der Waals surface area contributed by atoms with E-state index in [9.17, 15) is 0 Å². The first-order valence-corrected chi connectivity index (χ1v) is 8.08. The maximum absolute atomic E-state index is 4.52. The van der Waals surface area contributed by atoms with Gasteiger partial charge in [0, 0.05) is 29.3 Å². The zero-order chi connectivity index (χ0) is 16.4. The maximum atomic E-state index is 4.52. The number of fused-ring (bicyclic) bond motifs is 1. The van der Waals surface area contributed by atoms with E-state index < -0.39 is 0 Å². The summed E-state index contributed by atoms with van der Waals surface area (Å²) < 4.78 is 0. The highest BCUT2D eigenvalue weighted by molar-refractivity contribution is 5.67. The molecule has 1 aromatic heterocycles. The van der Waals surface area contributed by atoms with Gasteiger partial charge < -0.3 is 16.0 Å². The summed E-state index contributed by atoms with van der Waals surface area (Å²) in [6.07, 6.45) is 2.80. The predicted octanol–water partition coefficient (Wildman–Crippen LogP) is 4.32. The number of hydrogen-bond donors (Lipinski definition) is 3. The van der Waals surface area contributed by atoms with Crippen LogP contribution in [-0.4, -0.2) is 16.0 Å². The number of hydrogen-bond acceptors (Lipinski definition) is 5. The van der Waals surface area contributed by atoms with Gasteiger partial charge in [0.05, 0.1) is 0 Å². The minimum Gasteiger partial charge on any atom is -0.382 e. The van der Waals surface area contributed by atoms with Gasteiger partial charge >= 0.3 is 0 Å². The summed E-state index contributed by atoms with van der Waals surface area (Å²) >= 11 is 0. The molecule has 2 aromatic carbocycles. The van der Waals surface area contributed by atoms with Crippen LogP contribution in [0.15, 0.2) is 60.8 Å². The summed E-state index contributed by atoms with van der Waals surface area (Å²) in [5.74, 6) is 1.34. The van der Waals surface area contributed by atoms with Crippen LogP contribution >= 0.6 is 0 Å². The van der Waals surface area contributed by atoms with Gasteiger partial charge in [0.15, 0.2) is 0 Å². The van der Waals surface area contributed by atoms with E-state index in [0.29, 0.717) is 12.0 Å². The van der Waals surface area contributed by atoms with Gasteiger partial charge in [-0.05, 0) is 55.3 Å². The van der Waals surface area contributed by atoms with Gasteiger partial charge in [0.2, 0.25) is 5.95 Å². The minimum atomic E-state index is 0.496. The van der Waals surface area contributed by atoms with Gasteiger partial charge in [-0.15, -0.1) is 0 Å². The first-order valence-electron chi connectivity index (χ1n) is 8.08. The van der Waals surface area contributed by atoms with Gasteiger partial charge in [-0.1, -0.05) is 18.2 Å². The molecule has 1 atom stereocenters. The zero-order valence-corrected chi connectivity index (χ0v) is 13.5. The fraction of sp³-hybridized carbons (Fsp3) is 0.158. The standard InChI is InChI=1S/C19H19N5/c1-13-11-14-12-16(7-8-17(14)21-13)22-18-9-10-20-19(24-18)23-15-5-3-2-4-6-15/h2-10,12-13,21H,11H2,1H3,(H2,20,22,23,24). The molecule has 1 unspecified atom stereocenters. The lowest BCUT2D eigenvalue weighted by molar-refractivity contribution is 0.839. The monoisotopic (exact) mass is 317 g/mol. The van der Waals surface area contributed by atoms with Gasteiger partial charge in [-0.25, -0.2) is 4.98 Å². The Hall–Kier alpha value is -3.08. The highest BCUT2D eigenvalue weighted by Crippen LogP contribution is 2.29. The van der Waals surface area contributed by atoms with Crippen molar-refractivity contribution in [3.63, 3.8) is 0 Å². The third kappa shape index (κ3) is 3.15. The molecule has 1 aliphatic heterocycles. The van der Waals surface area contributed by atoms with Crippen LogP contribution in [0.3, 0.4) is 0 Å². The van der Waals surface area contributed by atoms with Crippen LogP contribution in [0, 0.1) is 0 Å². The van der Waals surface area contributed by atoms with Crippen LogP contribution in [-0.2, 0) is 6.42 Å². The summed E-state index contributed by atoms with van der Waals surface area (Å²) in [5, 5.41) is 10.0. The van der Waals surface area contributed by atoms with Crippen molar-refractivity contribution in [1.82, 2.24) is 9.97 Å². The van der Waals surface area contributed by atoms with Gasteiger partial charge in [0.25, 0.3) is 0 Å². The predicted molar refractivity (Wildman–Crippen MR) is 98.3 cm³/mol. The molecule has 0 radical (unpaired) electrons. The van der Waals surface area contributed by atoms with E-state index in [0.717, 1.165) is 23.6 Å². The van der Waals surface area contributed by atoms with Crippen LogP contribution in [0.4, 0.5) is 28.8 Å². The number of rotatable bonds is 4. The molecule has 0 bridgehead atoms. The lowest BCUT2D eigenvalue weighted by Crippen LogP contribution is -2.08. The Labute approximate surface area is 141 Å². The molecule has 24 heavy (non-hydrogen) atoms. The molecule has 1 aliphatic rings. The first kappa shape index (κ1) is 14.5. The van der Waals surface area contributed by atoms with E-state index in [-0.39, 0.29) is 0 Å². The molecule has 0 fully saturated rings. The number of nitrogens with one attached hydrogen (secondary N) is 3. The second kappa shape index (κ2) is 6.20. The number of aromatic nitrogens is 2. The van der Waals surface area contributed by atoms with Crippen molar-refractivity contribution in [2.45, 2.75) is 19.4 Å². The van der Waals surface area contributed by atoms with E-state index in [2.05, 4.69) is 51.0 Å². The van der Waals surface area contributed by atoms with Crippen LogP contribution < -0.4 is 16.0 Å². The first-order chi connectivity index (χ1) is 11.8. The van der Waals surface area contributed by atoms with Crippen molar-refractivity contribution in [3.8, 4) is 0 Å². The third-order valence-corrected chi connectivity index (χ3v) is 3.99. The van der Waals surface area contributed by atoms with Crippen molar-refractivity contribution in [2.75, 3.05) is 16.0 Å².